The number of carbonyl (C=O) groups excluding carboxylic acids is 2. The monoisotopic (exact) mass is 269 g/mol. The van der Waals surface area contributed by atoms with Crippen LogP contribution in [0, 0.1) is 5.82 Å². The highest BCUT2D eigenvalue weighted by molar-refractivity contribution is 6.13. The molecular weight excluding hydrogens is 261 g/mol. The topological polar surface area (TPSA) is 71.1 Å². The van der Waals surface area contributed by atoms with Crippen LogP contribution in [-0.2, 0) is 10.3 Å². The van der Waals surface area contributed by atoms with Gasteiger partial charge in [0.05, 0.1) is 0 Å². The van der Waals surface area contributed by atoms with E-state index in [1.807, 2.05) is 0 Å². The first kappa shape index (κ1) is 11.1. The minimum absolute atomic E-state index is 0.434. The van der Waals surface area contributed by atoms with E-state index in [0.29, 0.717) is 16.7 Å². The first-order chi connectivity index (χ1) is 9.63. The fourth-order valence-electron chi connectivity index (χ4n) is 2.98. The molecule has 1 aliphatic carbocycles. The number of aromatic nitrogens is 1. The van der Waals surface area contributed by atoms with E-state index in [4.69, 9.17) is 0 Å². The second-order valence-electron chi connectivity index (χ2n) is 4.77. The highest BCUT2D eigenvalue weighted by atomic mass is 19.1. The van der Waals surface area contributed by atoms with Crippen molar-refractivity contribution in [2.45, 2.75) is 5.54 Å². The summed E-state index contributed by atoms with van der Waals surface area (Å²) in [7, 11) is 0. The molecule has 2 aromatic rings. The lowest BCUT2D eigenvalue weighted by Gasteiger charge is -2.22. The number of pyridine rings is 1. The van der Waals surface area contributed by atoms with Gasteiger partial charge in [-0.25, -0.2) is 9.18 Å². The van der Waals surface area contributed by atoms with E-state index in [-0.39, 0.29) is 0 Å². The van der Waals surface area contributed by atoms with Crippen LogP contribution in [0.25, 0.3) is 11.1 Å². The molecule has 4 rings (SSSR count). The third-order valence-electron chi connectivity index (χ3n) is 3.77. The molecule has 0 saturated carbocycles. The molecule has 1 atom stereocenters. The Morgan fingerprint density at radius 3 is 2.70 bits per heavy atom. The van der Waals surface area contributed by atoms with Crippen molar-refractivity contribution in [3.63, 3.8) is 0 Å². The van der Waals surface area contributed by atoms with Crippen molar-refractivity contribution in [1.29, 1.82) is 0 Å². The molecule has 1 aliphatic heterocycles. The predicted octanol–water partition coefficient (Wildman–Crippen LogP) is 1.28. The van der Waals surface area contributed by atoms with Gasteiger partial charge in [0.2, 0.25) is 0 Å². The summed E-state index contributed by atoms with van der Waals surface area (Å²) in [5, 5.41) is 4.84. The maximum absolute atomic E-state index is 13.6. The number of carbonyl (C=O) groups is 2. The normalized spacial score (nSPS) is 22.4. The zero-order valence-electron chi connectivity index (χ0n) is 10.1. The van der Waals surface area contributed by atoms with Gasteiger partial charge in [0.1, 0.15) is 5.82 Å². The van der Waals surface area contributed by atoms with E-state index in [9.17, 15) is 14.0 Å². The SMILES string of the molecule is O=C1NC(=O)C2(N1)c1ccncc1-c1ccc(F)cc12. The highest BCUT2D eigenvalue weighted by Crippen LogP contribution is 2.48. The fraction of sp³-hybridized carbons (Fsp3) is 0.0714. The van der Waals surface area contributed by atoms with Gasteiger partial charge < -0.3 is 5.32 Å². The Bertz CT molecular complexity index is 790. The number of hydrogen-bond donors (Lipinski definition) is 2. The largest absolute Gasteiger partial charge is 0.322 e. The highest BCUT2D eigenvalue weighted by Gasteiger charge is 2.54. The number of benzene rings is 1. The van der Waals surface area contributed by atoms with E-state index in [1.165, 1.54) is 12.1 Å². The molecule has 3 amide bonds. The summed E-state index contributed by atoms with van der Waals surface area (Å²) >= 11 is 0. The summed E-state index contributed by atoms with van der Waals surface area (Å²) in [5.41, 5.74) is 1.11. The van der Waals surface area contributed by atoms with Crippen LogP contribution in [0.2, 0.25) is 0 Å². The summed E-state index contributed by atoms with van der Waals surface area (Å²) in [6.45, 7) is 0. The zero-order valence-corrected chi connectivity index (χ0v) is 10.1. The molecule has 1 aromatic carbocycles. The minimum atomic E-state index is -1.35. The second kappa shape index (κ2) is 3.41. The van der Waals surface area contributed by atoms with Gasteiger partial charge in [0, 0.05) is 29.1 Å². The van der Waals surface area contributed by atoms with E-state index in [0.717, 1.165) is 5.56 Å². The maximum Gasteiger partial charge on any atom is 0.322 e. The van der Waals surface area contributed by atoms with Crippen LogP contribution in [0.3, 0.4) is 0 Å². The Morgan fingerprint density at radius 2 is 1.95 bits per heavy atom. The van der Waals surface area contributed by atoms with Crippen molar-refractivity contribution >= 4 is 11.9 Å². The van der Waals surface area contributed by atoms with Gasteiger partial charge >= 0.3 is 6.03 Å². The van der Waals surface area contributed by atoms with Gasteiger partial charge in [-0.2, -0.15) is 0 Å². The number of nitrogens with zero attached hydrogens (tertiary/aromatic N) is 1. The van der Waals surface area contributed by atoms with Gasteiger partial charge in [-0.1, -0.05) is 6.07 Å². The Hall–Kier alpha value is -2.76. The van der Waals surface area contributed by atoms with Crippen molar-refractivity contribution in [3.05, 3.63) is 53.6 Å². The van der Waals surface area contributed by atoms with E-state index >= 15 is 0 Å². The van der Waals surface area contributed by atoms with E-state index < -0.39 is 23.3 Å². The quantitative estimate of drug-likeness (QED) is 0.708. The molecule has 2 N–H and O–H groups in total. The lowest BCUT2D eigenvalue weighted by Crippen LogP contribution is -2.43. The van der Waals surface area contributed by atoms with Crippen LogP contribution in [0.5, 0.6) is 0 Å². The average molecular weight is 269 g/mol. The van der Waals surface area contributed by atoms with Crippen LogP contribution in [0.15, 0.2) is 36.7 Å². The van der Waals surface area contributed by atoms with Gasteiger partial charge in [-0.15, -0.1) is 0 Å². The van der Waals surface area contributed by atoms with Crippen molar-refractivity contribution in [2.24, 2.45) is 0 Å². The predicted molar refractivity (Wildman–Crippen MR) is 67.1 cm³/mol. The number of fused-ring (bicyclic) bond motifs is 5. The molecule has 5 nitrogen and oxygen atoms in total. The first-order valence-electron chi connectivity index (χ1n) is 6.01. The van der Waals surface area contributed by atoms with Gasteiger partial charge in [0.15, 0.2) is 5.54 Å². The molecular formula is C14H8FN3O2. The van der Waals surface area contributed by atoms with Crippen molar-refractivity contribution in [3.8, 4) is 11.1 Å². The summed E-state index contributed by atoms with van der Waals surface area (Å²) < 4.78 is 13.6. The molecule has 2 heterocycles. The second-order valence-corrected chi connectivity index (χ2v) is 4.77. The summed E-state index contributed by atoms with van der Waals surface area (Å²) in [6.07, 6.45) is 3.15. The molecule has 0 bridgehead atoms. The van der Waals surface area contributed by atoms with Crippen LogP contribution in [0.1, 0.15) is 11.1 Å². The van der Waals surface area contributed by atoms with Gasteiger partial charge in [-0.3, -0.25) is 15.1 Å². The van der Waals surface area contributed by atoms with E-state index in [2.05, 4.69) is 15.6 Å². The van der Waals surface area contributed by atoms with Crippen molar-refractivity contribution in [2.75, 3.05) is 0 Å². The Morgan fingerprint density at radius 1 is 1.10 bits per heavy atom. The van der Waals surface area contributed by atoms with Crippen LogP contribution < -0.4 is 10.6 Å². The first-order valence-corrected chi connectivity index (χ1v) is 6.01. The molecule has 1 saturated heterocycles. The van der Waals surface area contributed by atoms with Crippen LogP contribution in [0.4, 0.5) is 9.18 Å². The molecule has 98 valence electrons. The standard InChI is InChI=1S/C14H8FN3O2/c15-7-1-2-8-9-6-16-4-3-10(9)14(11(8)5-7)12(19)17-13(20)18-14/h1-6H,(H2,17,18,19,20). The molecule has 6 heteroatoms. The number of imide groups is 1. The number of urea groups is 1. The van der Waals surface area contributed by atoms with Crippen molar-refractivity contribution in [1.82, 2.24) is 15.6 Å². The summed E-state index contributed by atoms with van der Waals surface area (Å²) in [4.78, 5) is 27.9. The number of halogens is 1. The molecule has 20 heavy (non-hydrogen) atoms. The number of rotatable bonds is 0. The zero-order chi connectivity index (χ0) is 13.9. The number of amides is 3. The lowest BCUT2D eigenvalue weighted by atomic mass is 9.88. The molecule has 1 spiro atoms. The van der Waals surface area contributed by atoms with E-state index in [1.54, 1.807) is 24.5 Å². The fourth-order valence-corrected chi connectivity index (χ4v) is 2.98. The average Bonchev–Trinajstić information content (AvgIpc) is 2.88. The Labute approximate surface area is 112 Å². The molecule has 1 aromatic heterocycles. The molecule has 0 radical (unpaired) electrons. The Kier molecular flexibility index (Phi) is 1.89. The molecule has 1 fully saturated rings. The summed E-state index contributed by atoms with van der Waals surface area (Å²) in [5.74, 6) is -0.961. The third-order valence-corrected chi connectivity index (χ3v) is 3.77. The maximum atomic E-state index is 13.6. The van der Waals surface area contributed by atoms with Gasteiger partial charge in [0.25, 0.3) is 5.91 Å². The smallest absolute Gasteiger partial charge is 0.316 e. The molecule has 1 unspecified atom stereocenters. The Balaban J connectivity index is 2.12. The summed E-state index contributed by atoms with van der Waals surface area (Å²) in [6, 6.07) is 5.27. The third kappa shape index (κ3) is 1.13. The van der Waals surface area contributed by atoms with Crippen molar-refractivity contribution < 1.29 is 14.0 Å². The lowest BCUT2D eigenvalue weighted by molar-refractivity contribution is -0.122. The number of hydrogen-bond acceptors (Lipinski definition) is 3. The van der Waals surface area contributed by atoms with Crippen LogP contribution >= 0.6 is 0 Å². The molecule has 2 aliphatic rings. The van der Waals surface area contributed by atoms with Crippen LogP contribution in [-0.4, -0.2) is 16.9 Å². The number of nitrogens with one attached hydrogen (secondary N) is 2. The minimum Gasteiger partial charge on any atom is -0.316 e. The van der Waals surface area contributed by atoms with Gasteiger partial charge in [-0.05, 0) is 23.8 Å².